The van der Waals surface area contributed by atoms with Gasteiger partial charge in [0.25, 0.3) is 5.56 Å². The number of thioether (sulfide) groups is 1. The van der Waals surface area contributed by atoms with Crippen molar-refractivity contribution in [1.29, 1.82) is 0 Å². The standard InChI is InChI=1S/C18H19BrN4O3S/c1-10(2)8-23-17(25)13-7-12(19)4-5-14(13)20-18(23)27-9-16(24)21-15-6-11(3)26-22-15/h4-7,10H,8-9H2,1-3H3,(H,21,22,24). The first-order chi connectivity index (χ1) is 12.8. The Bertz CT molecular complexity index is 1040. The fourth-order valence-electron chi connectivity index (χ4n) is 2.54. The van der Waals surface area contributed by atoms with E-state index in [2.05, 4.69) is 31.4 Å². The van der Waals surface area contributed by atoms with E-state index in [4.69, 9.17) is 4.52 Å². The molecule has 142 valence electrons. The zero-order valence-corrected chi connectivity index (χ0v) is 17.6. The SMILES string of the molecule is Cc1cc(NC(=O)CSc2nc3ccc(Br)cc3c(=O)n2CC(C)C)no1. The zero-order valence-electron chi connectivity index (χ0n) is 15.2. The van der Waals surface area contributed by atoms with Gasteiger partial charge in [-0.1, -0.05) is 46.7 Å². The van der Waals surface area contributed by atoms with Crippen LogP contribution in [0, 0.1) is 12.8 Å². The third kappa shape index (κ3) is 4.78. The molecular formula is C18H19BrN4O3S. The van der Waals surface area contributed by atoms with Gasteiger partial charge in [0.1, 0.15) is 5.76 Å². The van der Waals surface area contributed by atoms with Crippen molar-refractivity contribution < 1.29 is 9.32 Å². The Morgan fingerprint density at radius 1 is 1.37 bits per heavy atom. The van der Waals surface area contributed by atoms with Crippen molar-refractivity contribution in [2.45, 2.75) is 32.5 Å². The second-order valence-corrected chi connectivity index (χ2v) is 8.38. The van der Waals surface area contributed by atoms with Gasteiger partial charge in [0, 0.05) is 17.1 Å². The third-order valence-electron chi connectivity index (χ3n) is 3.66. The Labute approximate surface area is 168 Å². The second kappa shape index (κ2) is 8.26. The van der Waals surface area contributed by atoms with E-state index in [9.17, 15) is 9.59 Å². The molecule has 0 unspecified atom stereocenters. The Morgan fingerprint density at radius 3 is 2.81 bits per heavy atom. The van der Waals surface area contributed by atoms with E-state index >= 15 is 0 Å². The lowest BCUT2D eigenvalue weighted by molar-refractivity contribution is -0.113. The van der Waals surface area contributed by atoms with Crippen LogP contribution in [0.3, 0.4) is 0 Å². The fraction of sp³-hybridized carbons (Fsp3) is 0.333. The molecule has 0 spiro atoms. The molecule has 0 fully saturated rings. The fourth-order valence-corrected chi connectivity index (χ4v) is 3.71. The zero-order chi connectivity index (χ0) is 19.6. The number of aromatic nitrogens is 3. The number of halogens is 1. The predicted octanol–water partition coefficient (Wildman–Crippen LogP) is 3.84. The van der Waals surface area contributed by atoms with Crippen LogP contribution < -0.4 is 10.9 Å². The molecule has 2 heterocycles. The number of rotatable bonds is 6. The molecule has 1 N–H and O–H groups in total. The van der Waals surface area contributed by atoms with Crippen LogP contribution in [0.5, 0.6) is 0 Å². The number of fused-ring (bicyclic) bond motifs is 1. The summed E-state index contributed by atoms with van der Waals surface area (Å²) in [6.07, 6.45) is 0. The second-order valence-electron chi connectivity index (χ2n) is 6.53. The van der Waals surface area contributed by atoms with Crippen molar-refractivity contribution in [2.75, 3.05) is 11.1 Å². The minimum atomic E-state index is -0.241. The molecule has 0 saturated heterocycles. The van der Waals surface area contributed by atoms with Gasteiger partial charge in [-0.05, 0) is 31.0 Å². The molecule has 0 aliphatic rings. The first-order valence-electron chi connectivity index (χ1n) is 8.39. The highest BCUT2D eigenvalue weighted by Crippen LogP contribution is 2.21. The molecule has 7 nitrogen and oxygen atoms in total. The lowest BCUT2D eigenvalue weighted by Gasteiger charge is -2.14. The maximum atomic E-state index is 12.9. The number of nitrogens with zero attached hydrogens (tertiary/aromatic N) is 3. The van der Waals surface area contributed by atoms with Crippen molar-refractivity contribution >= 4 is 50.3 Å². The summed E-state index contributed by atoms with van der Waals surface area (Å²) in [7, 11) is 0. The number of amides is 1. The molecule has 0 radical (unpaired) electrons. The number of carbonyl (C=O) groups is 1. The molecule has 0 saturated carbocycles. The van der Waals surface area contributed by atoms with Crippen LogP contribution in [-0.4, -0.2) is 26.4 Å². The maximum absolute atomic E-state index is 12.9. The molecular weight excluding hydrogens is 432 g/mol. The molecule has 0 bridgehead atoms. The van der Waals surface area contributed by atoms with Gasteiger partial charge in [-0.15, -0.1) is 0 Å². The number of nitrogens with one attached hydrogen (secondary N) is 1. The van der Waals surface area contributed by atoms with Crippen molar-refractivity contribution in [3.05, 3.63) is 44.9 Å². The molecule has 3 rings (SSSR count). The highest BCUT2D eigenvalue weighted by atomic mass is 79.9. The monoisotopic (exact) mass is 450 g/mol. The maximum Gasteiger partial charge on any atom is 0.262 e. The topological polar surface area (TPSA) is 90.0 Å². The van der Waals surface area contributed by atoms with Crippen LogP contribution in [0.1, 0.15) is 19.6 Å². The average molecular weight is 451 g/mol. The summed E-state index contributed by atoms with van der Waals surface area (Å²) in [4.78, 5) is 29.7. The van der Waals surface area contributed by atoms with E-state index in [-0.39, 0.29) is 23.1 Å². The molecule has 1 aromatic carbocycles. The molecule has 9 heteroatoms. The van der Waals surface area contributed by atoms with Crippen molar-refractivity contribution in [3.63, 3.8) is 0 Å². The van der Waals surface area contributed by atoms with Gasteiger partial charge in [0.05, 0.1) is 16.7 Å². The van der Waals surface area contributed by atoms with Crippen LogP contribution >= 0.6 is 27.7 Å². The summed E-state index contributed by atoms with van der Waals surface area (Å²) in [6.45, 7) is 6.34. The Balaban J connectivity index is 1.86. The van der Waals surface area contributed by atoms with Crippen LogP contribution in [0.2, 0.25) is 0 Å². The summed E-state index contributed by atoms with van der Waals surface area (Å²) in [5.41, 5.74) is 0.503. The Kier molecular flexibility index (Phi) is 6.01. The third-order valence-corrected chi connectivity index (χ3v) is 5.13. The first-order valence-corrected chi connectivity index (χ1v) is 10.2. The quantitative estimate of drug-likeness (QED) is 0.453. The number of hydrogen-bond acceptors (Lipinski definition) is 6. The van der Waals surface area contributed by atoms with E-state index in [1.54, 1.807) is 29.7 Å². The molecule has 0 atom stereocenters. The van der Waals surface area contributed by atoms with Gasteiger partial charge < -0.3 is 9.84 Å². The van der Waals surface area contributed by atoms with Gasteiger partial charge in [-0.2, -0.15) is 0 Å². The molecule has 2 aromatic heterocycles. The van der Waals surface area contributed by atoms with Crippen LogP contribution in [-0.2, 0) is 11.3 Å². The van der Waals surface area contributed by atoms with Gasteiger partial charge >= 0.3 is 0 Å². The normalized spacial score (nSPS) is 11.3. The van der Waals surface area contributed by atoms with Crippen molar-refractivity contribution in [2.24, 2.45) is 5.92 Å². The van der Waals surface area contributed by atoms with Gasteiger partial charge in [-0.3, -0.25) is 14.2 Å². The molecule has 0 aliphatic carbocycles. The van der Waals surface area contributed by atoms with E-state index < -0.39 is 0 Å². The summed E-state index contributed by atoms with van der Waals surface area (Å²) in [5.74, 6) is 1.12. The highest BCUT2D eigenvalue weighted by Gasteiger charge is 2.15. The van der Waals surface area contributed by atoms with Gasteiger partial charge in [0.15, 0.2) is 11.0 Å². The Hall–Kier alpha value is -2.13. The minimum absolute atomic E-state index is 0.106. The van der Waals surface area contributed by atoms with E-state index in [0.717, 1.165) is 4.47 Å². The van der Waals surface area contributed by atoms with Crippen LogP contribution in [0.4, 0.5) is 5.82 Å². The van der Waals surface area contributed by atoms with Crippen molar-refractivity contribution in [3.8, 4) is 0 Å². The lowest BCUT2D eigenvalue weighted by Crippen LogP contribution is -2.26. The number of carbonyl (C=O) groups excluding carboxylic acids is 1. The number of anilines is 1. The molecule has 3 aromatic rings. The van der Waals surface area contributed by atoms with Crippen LogP contribution in [0.15, 0.2) is 43.2 Å². The number of hydrogen-bond donors (Lipinski definition) is 1. The number of benzene rings is 1. The molecule has 0 aliphatic heterocycles. The van der Waals surface area contributed by atoms with Gasteiger partial charge in [-0.25, -0.2) is 4.98 Å². The minimum Gasteiger partial charge on any atom is -0.360 e. The predicted molar refractivity (Wildman–Crippen MR) is 109 cm³/mol. The molecule has 27 heavy (non-hydrogen) atoms. The summed E-state index contributed by atoms with van der Waals surface area (Å²) in [5, 5.41) is 7.48. The van der Waals surface area contributed by atoms with Gasteiger partial charge in [0.2, 0.25) is 5.91 Å². The number of aryl methyl sites for hydroxylation is 1. The average Bonchev–Trinajstić information content (AvgIpc) is 3.01. The van der Waals surface area contributed by atoms with Crippen molar-refractivity contribution in [1.82, 2.24) is 14.7 Å². The van der Waals surface area contributed by atoms with E-state index in [0.29, 0.717) is 34.2 Å². The summed E-state index contributed by atoms with van der Waals surface area (Å²) < 4.78 is 7.39. The largest absolute Gasteiger partial charge is 0.360 e. The lowest BCUT2D eigenvalue weighted by atomic mass is 10.2. The highest BCUT2D eigenvalue weighted by molar-refractivity contribution is 9.10. The Morgan fingerprint density at radius 2 is 2.15 bits per heavy atom. The molecule has 1 amide bonds. The summed E-state index contributed by atoms with van der Waals surface area (Å²) >= 11 is 4.62. The first kappa shape index (κ1) is 19.6. The smallest absolute Gasteiger partial charge is 0.262 e. The summed E-state index contributed by atoms with van der Waals surface area (Å²) in [6, 6.07) is 7.05. The van der Waals surface area contributed by atoms with E-state index in [1.165, 1.54) is 11.8 Å². The van der Waals surface area contributed by atoms with Crippen LogP contribution in [0.25, 0.3) is 10.9 Å². The van der Waals surface area contributed by atoms with E-state index in [1.807, 2.05) is 19.9 Å².